The smallest absolute Gasteiger partial charge is 0.119 e. The third-order valence-corrected chi connectivity index (χ3v) is 3.54. The normalized spacial score (nSPS) is 10.5. The lowest BCUT2D eigenvalue weighted by molar-refractivity contribution is 0.322. The van der Waals surface area contributed by atoms with Crippen LogP contribution in [0.2, 0.25) is 0 Å². The van der Waals surface area contributed by atoms with E-state index in [0.717, 1.165) is 30.3 Å². The minimum absolute atomic E-state index is 0.679. The van der Waals surface area contributed by atoms with Crippen molar-refractivity contribution in [3.63, 3.8) is 0 Å². The van der Waals surface area contributed by atoms with E-state index in [2.05, 4.69) is 17.2 Å². The fraction of sp³-hybridized carbons (Fsp3) is 0.357. The van der Waals surface area contributed by atoms with Gasteiger partial charge in [-0.1, -0.05) is 25.1 Å². The Bertz CT molecular complexity index is 456. The van der Waals surface area contributed by atoms with Gasteiger partial charge in [0.2, 0.25) is 0 Å². The second-order valence-electron chi connectivity index (χ2n) is 3.91. The van der Waals surface area contributed by atoms with Crippen LogP contribution in [0.3, 0.4) is 0 Å². The number of nitrogens with one attached hydrogen (secondary N) is 1. The van der Waals surface area contributed by atoms with Crippen molar-refractivity contribution >= 4 is 11.3 Å². The Morgan fingerprint density at radius 1 is 1.28 bits per heavy atom. The lowest BCUT2D eigenvalue weighted by Crippen LogP contribution is -2.10. The lowest BCUT2D eigenvalue weighted by atomic mass is 10.3. The average molecular weight is 262 g/mol. The van der Waals surface area contributed by atoms with Gasteiger partial charge in [-0.05, 0) is 18.7 Å². The maximum Gasteiger partial charge on any atom is 0.119 e. The van der Waals surface area contributed by atoms with Gasteiger partial charge < -0.3 is 10.1 Å². The maximum atomic E-state index is 5.65. The summed E-state index contributed by atoms with van der Waals surface area (Å²) < 4.78 is 5.65. The van der Waals surface area contributed by atoms with Crippen LogP contribution >= 0.6 is 11.3 Å². The molecule has 4 heteroatoms. The first-order valence-corrected chi connectivity index (χ1v) is 7.02. The third-order valence-electron chi connectivity index (χ3n) is 2.48. The molecule has 96 valence electrons. The molecule has 0 fully saturated rings. The Morgan fingerprint density at radius 3 is 2.89 bits per heavy atom. The first-order valence-electron chi connectivity index (χ1n) is 6.20. The van der Waals surface area contributed by atoms with Crippen LogP contribution in [0, 0.1) is 0 Å². The minimum atomic E-state index is 0.679. The topological polar surface area (TPSA) is 34.2 Å². The molecule has 0 aliphatic heterocycles. The minimum Gasteiger partial charge on any atom is -0.493 e. The highest BCUT2D eigenvalue weighted by Gasteiger charge is 2.02. The standard InChI is InChI=1S/C14H18N2OS/c1-2-15-10-13-11-16-14(18-13)8-9-17-12-6-4-3-5-7-12/h3-7,11,15H,2,8-10H2,1H3. The van der Waals surface area contributed by atoms with E-state index in [1.165, 1.54) is 4.88 Å². The zero-order valence-corrected chi connectivity index (χ0v) is 11.4. The van der Waals surface area contributed by atoms with Crippen molar-refractivity contribution in [3.8, 4) is 5.75 Å². The van der Waals surface area contributed by atoms with Crippen LogP contribution in [0.15, 0.2) is 36.5 Å². The Kier molecular flexibility index (Phi) is 5.17. The van der Waals surface area contributed by atoms with E-state index in [1.54, 1.807) is 11.3 Å². The molecular formula is C14H18N2OS. The van der Waals surface area contributed by atoms with Crippen molar-refractivity contribution in [1.82, 2.24) is 10.3 Å². The Balaban J connectivity index is 1.75. The van der Waals surface area contributed by atoms with Crippen LogP contribution in [0.1, 0.15) is 16.8 Å². The van der Waals surface area contributed by atoms with Gasteiger partial charge in [0.25, 0.3) is 0 Å². The third kappa shape index (κ3) is 4.13. The van der Waals surface area contributed by atoms with Crippen LogP contribution < -0.4 is 10.1 Å². The molecular weight excluding hydrogens is 244 g/mol. The average Bonchev–Trinajstić information content (AvgIpc) is 2.85. The van der Waals surface area contributed by atoms with Gasteiger partial charge in [0, 0.05) is 24.0 Å². The summed E-state index contributed by atoms with van der Waals surface area (Å²) in [5, 5.41) is 4.44. The van der Waals surface area contributed by atoms with Crippen LogP contribution in [0.25, 0.3) is 0 Å². The second kappa shape index (κ2) is 7.13. The molecule has 0 bridgehead atoms. The molecule has 18 heavy (non-hydrogen) atoms. The molecule has 2 aromatic rings. The summed E-state index contributed by atoms with van der Waals surface area (Å²) in [6.07, 6.45) is 2.82. The van der Waals surface area contributed by atoms with Gasteiger partial charge in [0.05, 0.1) is 11.6 Å². The molecule has 1 aromatic carbocycles. The highest BCUT2D eigenvalue weighted by molar-refractivity contribution is 7.11. The molecule has 0 saturated carbocycles. The number of rotatable bonds is 7. The lowest BCUT2D eigenvalue weighted by Gasteiger charge is -2.03. The maximum absolute atomic E-state index is 5.65. The molecule has 1 N–H and O–H groups in total. The fourth-order valence-corrected chi connectivity index (χ4v) is 2.44. The number of ether oxygens (including phenoxy) is 1. The molecule has 0 saturated heterocycles. The monoisotopic (exact) mass is 262 g/mol. The van der Waals surface area contributed by atoms with E-state index in [0.29, 0.717) is 6.61 Å². The molecule has 2 rings (SSSR count). The van der Waals surface area contributed by atoms with Gasteiger partial charge in [-0.15, -0.1) is 11.3 Å². The predicted octanol–water partition coefficient (Wildman–Crippen LogP) is 2.87. The quantitative estimate of drug-likeness (QED) is 0.833. The Hall–Kier alpha value is -1.39. The highest BCUT2D eigenvalue weighted by atomic mass is 32.1. The summed E-state index contributed by atoms with van der Waals surface area (Å²) in [5.74, 6) is 0.918. The summed E-state index contributed by atoms with van der Waals surface area (Å²) in [7, 11) is 0. The van der Waals surface area contributed by atoms with Crippen molar-refractivity contribution in [2.75, 3.05) is 13.2 Å². The second-order valence-corrected chi connectivity index (χ2v) is 5.11. The number of benzene rings is 1. The number of nitrogens with zero attached hydrogens (tertiary/aromatic N) is 1. The van der Waals surface area contributed by atoms with Crippen molar-refractivity contribution in [2.24, 2.45) is 0 Å². The summed E-state index contributed by atoms with van der Waals surface area (Å²) in [6.45, 7) is 4.69. The predicted molar refractivity (Wildman–Crippen MR) is 75.1 cm³/mol. The molecule has 0 aliphatic rings. The molecule has 0 aliphatic carbocycles. The van der Waals surface area contributed by atoms with E-state index in [4.69, 9.17) is 4.74 Å². The summed E-state index contributed by atoms with van der Waals surface area (Å²) in [6, 6.07) is 9.89. The molecule has 0 unspecified atom stereocenters. The Morgan fingerprint density at radius 2 is 2.11 bits per heavy atom. The number of para-hydroxylation sites is 1. The number of thiazole rings is 1. The summed E-state index contributed by atoms with van der Waals surface area (Å²) in [5.41, 5.74) is 0. The molecule has 1 aromatic heterocycles. The number of hydrogen-bond donors (Lipinski definition) is 1. The number of aromatic nitrogens is 1. The van der Waals surface area contributed by atoms with Gasteiger partial charge in [0.1, 0.15) is 5.75 Å². The zero-order chi connectivity index (χ0) is 12.6. The summed E-state index contributed by atoms with van der Waals surface area (Å²) >= 11 is 1.75. The van der Waals surface area contributed by atoms with E-state index >= 15 is 0 Å². The van der Waals surface area contributed by atoms with Crippen molar-refractivity contribution < 1.29 is 4.74 Å². The Labute approximate surface area is 112 Å². The van der Waals surface area contributed by atoms with E-state index in [9.17, 15) is 0 Å². The molecule has 0 radical (unpaired) electrons. The van der Waals surface area contributed by atoms with Crippen molar-refractivity contribution in [3.05, 3.63) is 46.4 Å². The fourth-order valence-electron chi connectivity index (χ4n) is 1.57. The van der Waals surface area contributed by atoms with Crippen LogP contribution in [0.4, 0.5) is 0 Å². The summed E-state index contributed by atoms with van der Waals surface area (Å²) in [4.78, 5) is 5.68. The largest absolute Gasteiger partial charge is 0.493 e. The van der Waals surface area contributed by atoms with Gasteiger partial charge in [0.15, 0.2) is 0 Å². The van der Waals surface area contributed by atoms with Gasteiger partial charge in [-0.2, -0.15) is 0 Å². The van der Waals surface area contributed by atoms with Gasteiger partial charge >= 0.3 is 0 Å². The highest BCUT2D eigenvalue weighted by Crippen LogP contribution is 2.14. The molecule has 0 spiro atoms. The van der Waals surface area contributed by atoms with Crippen LogP contribution in [-0.4, -0.2) is 18.1 Å². The van der Waals surface area contributed by atoms with E-state index in [1.807, 2.05) is 36.5 Å². The van der Waals surface area contributed by atoms with Gasteiger partial charge in [-0.25, -0.2) is 4.98 Å². The molecule has 3 nitrogen and oxygen atoms in total. The molecule has 1 heterocycles. The number of hydrogen-bond acceptors (Lipinski definition) is 4. The first-order chi connectivity index (χ1) is 8.88. The van der Waals surface area contributed by atoms with E-state index < -0.39 is 0 Å². The van der Waals surface area contributed by atoms with Crippen molar-refractivity contribution in [2.45, 2.75) is 19.9 Å². The van der Waals surface area contributed by atoms with Crippen LogP contribution in [0.5, 0.6) is 5.75 Å². The molecule has 0 atom stereocenters. The molecule has 0 amide bonds. The zero-order valence-electron chi connectivity index (χ0n) is 10.6. The van der Waals surface area contributed by atoms with Gasteiger partial charge in [-0.3, -0.25) is 0 Å². The van der Waals surface area contributed by atoms with E-state index in [-0.39, 0.29) is 0 Å². The van der Waals surface area contributed by atoms with Crippen LogP contribution in [-0.2, 0) is 13.0 Å². The van der Waals surface area contributed by atoms with Crippen molar-refractivity contribution in [1.29, 1.82) is 0 Å². The SMILES string of the molecule is CCNCc1cnc(CCOc2ccccc2)s1. The first kappa shape index (κ1) is 13.1.